The number of hydrogen-bond acceptors (Lipinski definition) is 5. The number of unbranched alkanes of at least 4 members (excludes halogenated alkanes) is 1. The number of aromatic nitrogens is 1. The van der Waals surface area contributed by atoms with Crippen molar-refractivity contribution in [3.8, 4) is 11.9 Å². The minimum absolute atomic E-state index is 0.0578. The Labute approximate surface area is 179 Å². The van der Waals surface area contributed by atoms with Gasteiger partial charge in [0.05, 0.1) is 11.7 Å². The van der Waals surface area contributed by atoms with E-state index < -0.39 is 5.56 Å². The van der Waals surface area contributed by atoms with Crippen LogP contribution < -0.4 is 5.56 Å². The van der Waals surface area contributed by atoms with Crippen molar-refractivity contribution in [3.63, 3.8) is 0 Å². The summed E-state index contributed by atoms with van der Waals surface area (Å²) in [4.78, 5) is 26.0. The average molecular weight is 417 g/mol. The Morgan fingerprint density at radius 2 is 1.93 bits per heavy atom. The van der Waals surface area contributed by atoms with E-state index in [-0.39, 0.29) is 41.4 Å². The molecule has 6 nitrogen and oxygen atoms in total. The molecule has 0 bridgehead atoms. The molecule has 1 saturated carbocycles. The molecule has 0 radical (unpaired) electrons. The number of hydrogen-bond donors (Lipinski definition) is 1. The predicted octanol–water partition coefficient (Wildman–Crippen LogP) is 4.73. The van der Waals surface area contributed by atoms with Crippen LogP contribution >= 0.6 is 0 Å². The fraction of sp³-hybridized carbons (Fsp3) is 0.708. The molecule has 0 aromatic carbocycles. The van der Waals surface area contributed by atoms with Crippen LogP contribution in [0, 0.1) is 30.1 Å². The smallest absolute Gasteiger partial charge is 0.271 e. The molecule has 1 N–H and O–H groups in total. The number of nitriles is 1. The van der Waals surface area contributed by atoms with Gasteiger partial charge in [-0.1, -0.05) is 26.2 Å². The number of carbonyl (C=O) groups excluding carboxylic acids is 1. The van der Waals surface area contributed by atoms with Crippen molar-refractivity contribution in [1.82, 2.24) is 4.57 Å². The zero-order valence-electron chi connectivity index (χ0n) is 18.9. The van der Waals surface area contributed by atoms with Crippen molar-refractivity contribution in [2.75, 3.05) is 6.61 Å². The van der Waals surface area contributed by atoms with Crippen LogP contribution in [0.2, 0.25) is 0 Å². The summed E-state index contributed by atoms with van der Waals surface area (Å²) in [6, 6.07) is 1.94. The predicted molar refractivity (Wildman–Crippen MR) is 117 cm³/mol. The summed E-state index contributed by atoms with van der Waals surface area (Å²) in [6.07, 6.45) is 7.85. The number of rotatable bonds is 10. The monoisotopic (exact) mass is 416 g/mol. The molecule has 0 atom stereocenters. The molecule has 1 aromatic heterocycles. The Morgan fingerprint density at radius 1 is 1.27 bits per heavy atom. The summed E-state index contributed by atoms with van der Waals surface area (Å²) in [5.41, 5.74) is -0.157. The summed E-state index contributed by atoms with van der Waals surface area (Å²) in [6.45, 7) is 8.28. The van der Waals surface area contributed by atoms with Gasteiger partial charge < -0.3 is 9.84 Å². The molecule has 2 rings (SSSR count). The van der Waals surface area contributed by atoms with Gasteiger partial charge in [0.25, 0.3) is 5.56 Å². The first-order valence-corrected chi connectivity index (χ1v) is 11.3. The maximum Gasteiger partial charge on any atom is 0.271 e. The number of Topliss-reactive ketones (excluding diaryl/α,β-unsaturated/α-hetero) is 1. The summed E-state index contributed by atoms with van der Waals surface area (Å²) in [5, 5.41) is 20.4. The van der Waals surface area contributed by atoms with Gasteiger partial charge in [-0.2, -0.15) is 5.26 Å². The van der Waals surface area contributed by atoms with Crippen molar-refractivity contribution in [3.05, 3.63) is 27.0 Å². The number of aromatic hydroxyl groups is 1. The summed E-state index contributed by atoms with van der Waals surface area (Å²) in [7, 11) is 0. The molecule has 1 aliphatic rings. The van der Waals surface area contributed by atoms with Gasteiger partial charge in [-0.25, -0.2) is 0 Å². The van der Waals surface area contributed by atoms with Crippen molar-refractivity contribution in [1.29, 1.82) is 5.26 Å². The fourth-order valence-electron chi connectivity index (χ4n) is 4.41. The van der Waals surface area contributed by atoms with Crippen LogP contribution in [0.3, 0.4) is 0 Å². The van der Waals surface area contributed by atoms with Crippen molar-refractivity contribution in [2.24, 2.45) is 11.8 Å². The molecule has 0 unspecified atom stereocenters. The molecular formula is C24H36N2O4. The Bertz CT molecular complexity index is 827. The van der Waals surface area contributed by atoms with Gasteiger partial charge in [0, 0.05) is 19.1 Å². The van der Waals surface area contributed by atoms with Crippen LogP contribution in [0.5, 0.6) is 5.88 Å². The zero-order valence-corrected chi connectivity index (χ0v) is 18.9. The van der Waals surface area contributed by atoms with Crippen LogP contribution in [-0.4, -0.2) is 28.2 Å². The quantitative estimate of drug-likeness (QED) is 0.440. The summed E-state index contributed by atoms with van der Waals surface area (Å²) < 4.78 is 6.67. The van der Waals surface area contributed by atoms with Crippen LogP contribution in [0.1, 0.15) is 93.6 Å². The van der Waals surface area contributed by atoms with E-state index in [1.165, 1.54) is 19.3 Å². The highest BCUT2D eigenvalue weighted by Crippen LogP contribution is 2.36. The van der Waals surface area contributed by atoms with Crippen molar-refractivity contribution >= 4 is 5.78 Å². The van der Waals surface area contributed by atoms with E-state index >= 15 is 0 Å². The zero-order chi connectivity index (χ0) is 22.3. The largest absolute Gasteiger partial charge is 0.494 e. The molecule has 0 spiro atoms. The highest BCUT2D eigenvalue weighted by molar-refractivity contribution is 6.01. The molecule has 0 aliphatic heterocycles. The Morgan fingerprint density at radius 3 is 2.50 bits per heavy atom. The molecule has 0 saturated heterocycles. The van der Waals surface area contributed by atoms with Gasteiger partial charge in [0.1, 0.15) is 11.6 Å². The van der Waals surface area contributed by atoms with Gasteiger partial charge in [0.2, 0.25) is 5.88 Å². The Kier molecular flexibility index (Phi) is 9.10. The number of pyridine rings is 1. The van der Waals surface area contributed by atoms with Crippen molar-refractivity contribution < 1.29 is 14.6 Å². The van der Waals surface area contributed by atoms with Gasteiger partial charge in [-0.15, -0.1) is 0 Å². The maximum atomic E-state index is 13.3. The molecule has 1 aliphatic carbocycles. The molecule has 166 valence electrons. The SMILES string of the molecule is CCCCC1CCC(C(=O)c2c(C)c(C#N)c(=O)n(CCCOC(C)C)c2O)CC1. The third kappa shape index (κ3) is 5.72. The Balaban J connectivity index is 2.24. The standard InChI is InChI=1S/C24H36N2O4/c1-5-6-8-18-9-11-19(12-10-18)22(27)21-17(4)20(15-25)23(28)26(24(21)29)13-7-14-30-16(2)3/h16,18-19,29H,5-14H2,1-4H3. The Hall–Kier alpha value is -2.13. The highest BCUT2D eigenvalue weighted by Gasteiger charge is 2.31. The highest BCUT2D eigenvalue weighted by atomic mass is 16.5. The first-order chi connectivity index (χ1) is 14.3. The normalized spacial score (nSPS) is 19.1. The lowest BCUT2D eigenvalue weighted by atomic mass is 9.76. The van der Waals surface area contributed by atoms with Gasteiger partial charge in [-0.05, 0) is 64.4 Å². The van der Waals surface area contributed by atoms with Crippen LogP contribution in [0.15, 0.2) is 4.79 Å². The lowest BCUT2D eigenvalue weighted by molar-refractivity contribution is 0.0743. The summed E-state index contributed by atoms with van der Waals surface area (Å²) in [5.74, 6) is 0.0734. The molecular weight excluding hydrogens is 380 g/mol. The molecule has 0 amide bonds. The first kappa shape index (κ1) is 24.1. The second-order valence-electron chi connectivity index (χ2n) is 8.76. The van der Waals surface area contributed by atoms with Crippen LogP contribution in [0.4, 0.5) is 0 Å². The van der Waals surface area contributed by atoms with Gasteiger partial charge >= 0.3 is 0 Å². The third-order valence-electron chi connectivity index (χ3n) is 6.21. The second kappa shape index (κ2) is 11.3. The maximum absolute atomic E-state index is 13.3. The number of ketones is 1. The lowest BCUT2D eigenvalue weighted by Crippen LogP contribution is -2.29. The van der Waals surface area contributed by atoms with E-state index in [2.05, 4.69) is 6.92 Å². The second-order valence-corrected chi connectivity index (χ2v) is 8.76. The number of ether oxygens (including phenoxy) is 1. The fourth-order valence-corrected chi connectivity index (χ4v) is 4.41. The molecule has 1 aromatic rings. The van der Waals surface area contributed by atoms with E-state index in [9.17, 15) is 20.0 Å². The molecule has 30 heavy (non-hydrogen) atoms. The number of nitrogens with zero attached hydrogens (tertiary/aromatic N) is 2. The van der Waals surface area contributed by atoms with E-state index in [4.69, 9.17) is 4.74 Å². The van der Waals surface area contributed by atoms with E-state index in [1.54, 1.807) is 6.92 Å². The van der Waals surface area contributed by atoms with Gasteiger partial charge in [0.15, 0.2) is 5.78 Å². The summed E-state index contributed by atoms with van der Waals surface area (Å²) >= 11 is 0. The van der Waals surface area contributed by atoms with E-state index in [1.807, 2.05) is 19.9 Å². The molecule has 1 heterocycles. The van der Waals surface area contributed by atoms with E-state index in [0.717, 1.165) is 30.3 Å². The third-order valence-corrected chi connectivity index (χ3v) is 6.21. The van der Waals surface area contributed by atoms with Crippen molar-refractivity contribution in [2.45, 2.75) is 91.7 Å². The first-order valence-electron chi connectivity index (χ1n) is 11.3. The minimum Gasteiger partial charge on any atom is -0.494 e. The molecule has 6 heteroatoms. The lowest BCUT2D eigenvalue weighted by Gasteiger charge is -2.28. The number of carbonyl (C=O) groups is 1. The topological polar surface area (TPSA) is 92.3 Å². The van der Waals surface area contributed by atoms with Crippen LogP contribution in [0.25, 0.3) is 0 Å². The minimum atomic E-state index is -0.545. The van der Waals surface area contributed by atoms with E-state index in [0.29, 0.717) is 24.5 Å². The van der Waals surface area contributed by atoms with Crippen LogP contribution in [-0.2, 0) is 11.3 Å². The van der Waals surface area contributed by atoms with Gasteiger partial charge in [-0.3, -0.25) is 14.2 Å². The average Bonchev–Trinajstić information content (AvgIpc) is 2.72. The molecule has 1 fully saturated rings.